The van der Waals surface area contributed by atoms with Crippen molar-refractivity contribution < 1.29 is 18.7 Å². The minimum absolute atomic E-state index is 0.0775. The molecule has 1 aromatic heterocycles. The molecule has 1 heterocycles. The average Bonchev–Trinajstić information content (AvgIpc) is 2.86. The van der Waals surface area contributed by atoms with Crippen LogP contribution in [0, 0.1) is 5.82 Å². The molecule has 1 N–H and O–H groups in total. The van der Waals surface area contributed by atoms with Gasteiger partial charge >= 0.3 is 5.97 Å². The molecule has 0 aliphatic heterocycles. The number of hydrogen-bond donors (Lipinski definition) is 1. The maximum atomic E-state index is 12.8. The summed E-state index contributed by atoms with van der Waals surface area (Å²) in [5.41, 5.74) is 0.699. The number of carbonyl (C=O) groups is 1. The van der Waals surface area contributed by atoms with Gasteiger partial charge in [-0.05, 0) is 24.1 Å². The van der Waals surface area contributed by atoms with Crippen LogP contribution >= 0.6 is 0 Å². The maximum Gasteiger partial charge on any atom is 0.316 e. The second kappa shape index (κ2) is 5.60. The number of carboxylic acid groups (broad SMARTS) is 1. The molecular formula is C13H13FN2O3. The average molecular weight is 264 g/mol. The summed E-state index contributed by atoms with van der Waals surface area (Å²) in [6.07, 6.45) is 0.733. The summed E-state index contributed by atoms with van der Waals surface area (Å²) < 4.78 is 18.1. The molecular weight excluding hydrogens is 251 g/mol. The van der Waals surface area contributed by atoms with E-state index in [1.165, 1.54) is 12.1 Å². The Kier molecular flexibility index (Phi) is 3.89. The summed E-state index contributed by atoms with van der Waals surface area (Å²) in [6.45, 7) is 1.84. The van der Waals surface area contributed by atoms with Gasteiger partial charge in [-0.1, -0.05) is 19.1 Å². The van der Waals surface area contributed by atoms with Crippen LogP contribution < -0.4 is 0 Å². The van der Waals surface area contributed by atoms with Gasteiger partial charge in [0.1, 0.15) is 11.7 Å². The Morgan fingerprint density at radius 3 is 2.58 bits per heavy atom. The number of aromatic nitrogens is 2. The van der Waals surface area contributed by atoms with Gasteiger partial charge in [0.2, 0.25) is 11.8 Å². The molecule has 2 rings (SSSR count). The fourth-order valence-corrected chi connectivity index (χ4v) is 1.69. The van der Waals surface area contributed by atoms with Crippen molar-refractivity contribution in [2.24, 2.45) is 0 Å². The number of hydrogen-bond acceptors (Lipinski definition) is 4. The van der Waals surface area contributed by atoms with Gasteiger partial charge in [-0.25, -0.2) is 4.39 Å². The monoisotopic (exact) mass is 264 g/mol. The van der Waals surface area contributed by atoms with Crippen LogP contribution in [0.1, 0.15) is 30.2 Å². The number of carboxylic acids is 1. The number of halogens is 1. The van der Waals surface area contributed by atoms with E-state index in [1.807, 2.05) is 6.92 Å². The predicted molar refractivity (Wildman–Crippen MR) is 64.2 cm³/mol. The molecule has 1 atom stereocenters. The van der Waals surface area contributed by atoms with Crippen LogP contribution in [0.3, 0.4) is 0 Å². The Bertz CT molecular complexity index is 566. The Hall–Kier alpha value is -2.24. The minimum Gasteiger partial charge on any atom is -0.481 e. The summed E-state index contributed by atoms with van der Waals surface area (Å²) in [5, 5.41) is 16.7. The summed E-state index contributed by atoms with van der Waals surface area (Å²) in [5.74, 6) is -1.84. The topological polar surface area (TPSA) is 76.2 Å². The van der Waals surface area contributed by atoms with E-state index < -0.39 is 11.9 Å². The van der Waals surface area contributed by atoms with Crippen LogP contribution in [-0.4, -0.2) is 21.3 Å². The van der Waals surface area contributed by atoms with Gasteiger partial charge in [0.25, 0.3) is 0 Å². The van der Waals surface area contributed by atoms with Crippen LogP contribution in [0.15, 0.2) is 28.7 Å². The van der Waals surface area contributed by atoms with Gasteiger partial charge in [-0.2, -0.15) is 0 Å². The zero-order chi connectivity index (χ0) is 13.8. The van der Waals surface area contributed by atoms with E-state index in [1.54, 1.807) is 12.1 Å². The van der Waals surface area contributed by atoms with E-state index in [4.69, 9.17) is 4.42 Å². The molecule has 100 valence electrons. The molecule has 0 saturated carbocycles. The van der Waals surface area contributed by atoms with Crippen molar-refractivity contribution in [2.75, 3.05) is 0 Å². The van der Waals surface area contributed by atoms with Crippen molar-refractivity contribution in [3.63, 3.8) is 0 Å². The largest absolute Gasteiger partial charge is 0.481 e. The van der Waals surface area contributed by atoms with E-state index in [0.717, 1.165) is 0 Å². The van der Waals surface area contributed by atoms with Gasteiger partial charge < -0.3 is 9.52 Å². The lowest BCUT2D eigenvalue weighted by Gasteiger charge is -2.07. The maximum absolute atomic E-state index is 12.8. The molecule has 0 aliphatic rings. The molecule has 0 radical (unpaired) electrons. The van der Waals surface area contributed by atoms with E-state index in [9.17, 15) is 14.3 Å². The van der Waals surface area contributed by atoms with Crippen molar-refractivity contribution in [2.45, 2.75) is 25.7 Å². The van der Waals surface area contributed by atoms with Crippen molar-refractivity contribution in [1.82, 2.24) is 10.2 Å². The second-order valence-corrected chi connectivity index (χ2v) is 4.11. The third-order valence-corrected chi connectivity index (χ3v) is 2.73. The highest BCUT2D eigenvalue weighted by Gasteiger charge is 2.26. The molecule has 0 saturated heterocycles. The summed E-state index contributed by atoms with van der Waals surface area (Å²) in [7, 11) is 0. The first-order chi connectivity index (χ1) is 9.10. The third kappa shape index (κ3) is 3.15. The molecule has 1 unspecified atom stereocenters. The van der Waals surface area contributed by atoms with Crippen LogP contribution in [0.25, 0.3) is 0 Å². The quantitative estimate of drug-likeness (QED) is 0.895. The normalized spacial score (nSPS) is 12.3. The number of benzene rings is 1. The highest BCUT2D eigenvalue weighted by molar-refractivity contribution is 5.75. The van der Waals surface area contributed by atoms with E-state index in [-0.39, 0.29) is 18.1 Å². The summed E-state index contributed by atoms with van der Waals surface area (Å²) in [4.78, 5) is 11.3. The lowest BCUT2D eigenvalue weighted by atomic mass is 9.99. The molecule has 6 heteroatoms. The Morgan fingerprint density at radius 2 is 2.05 bits per heavy atom. The van der Waals surface area contributed by atoms with E-state index in [0.29, 0.717) is 17.9 Å². The molecule has 5 nitrogen and oxygen atoms in total. The summed E-state index contributed by atoms with van der Waals surface area (Å²) >= 11 is 0. The van der Waals surface area contributed by atoms with Gasteiger partial charge in [-0.15, -0.1) is 10.2 Å². The van der Waals surface area contributed by atoms with Crippen LogP contribution in [0.2, 0.25) is 0 Å². The first-order valence-corrected chi connectivity index (χ1v) is 5.89. The molecule has 19 heavy (non-hydrogen) atoms. The lowest BCUT2D eigenvalue weighted by Crippen LogP contribution is -2.15. The first-order valence-electron chi connectivity index (χ1n) is 5.89. The zero-order valence-corrected chi connectivity index (χ0v) is 10.3. The smallest absolute Gasteiger partial charge is 0.316 e. The van der Waals surface area contributed by atoms with E-state index >= 15 is 0 Å². The number of nitrogens with zero attached hydrogens (tertiary/aromatic N) is 2. The number of rotatable bonds is 5. The highest BCUT2D eigenvalue weighted by Crippen LogP contribution is 2.20. The van der Waals surface area contributed by atoms with Crippen molar-refractivity contribution in [3.05, 3.63) is 47.4 Å². The first kappa shape index (κ1) is 13.2. The fraction of sp³-hybridized carbons (Fsp3) is 0.308. The molecule has 0 fully saturated rings. The number of aliphatic carboxylic acids is 1. The van der Waals surface area contributed by atoms with Crippen LogP contribution in [-0.2, 0) is 17.6 Å². The third-order valence-electron chi connectivity index (χ3n) is 2.73. The predicted octanol–water partition coefficient (Wildman–Crippen LogP) is 2.18. The molecule has 0 bridgehead atoms. The number of aryl methyl sites for hydroxylation is 1. The van der Waals surface area contributed by atoms with Crippen molar-refractivity contribution in [3.8, 4) is 0 Å². The van der Waals surface area contributed by atoms with Gasteiger partial charge in [-0.3, -0.25) is 4.79 Å². The summed E-state index contributed by atoms with van der Waals surface area (Å²) in [6, 6.07) is 5.67. The highest BCUT2D eigenvalue weighted by atomic mass is 19.1. The minimum atomic E-state index is -1.05. The van der Waals surface area contributed by atoms with Gasteiger partial charge in [0.05, 0.1) is 0 Å². The van der Waals surface area contributed by atoms with Crippen molar-refractivity contribution in [1.29, 1.82) is 0 Å². The second-order valence-electron chi connectivity index (χ2n) is 4.11. The van der Waals surface area contributed by atoms with E-state index in [2.05, 4.69) is 10.2 Å². The molecule has 2 aromatic rings. The fourth-order valence-electron chi connectivity index (χ4n) is 1.69. The SMILES string of the molecule is CCc1nnc(C(Cc2ccc(F)cc2)C(=O)O)o1. The van der Waals surface area contributed by atoms with Gasteiger partial charge in [0.15, 0.2) is 0 Å². The molecule has 0 amide bonds. The zero-order valence-electron chi connectivity index (χ0n) is 10.3. The standard InChI is InChI=1S/C13H13FN2O3/c1-2-11-15-16-12(19-11)10(13(17)18)7-8-3-5-9(14)6-4-8/h3-6,10H,2,7H2,1H3,(H,17,18). The van der Waals surface area contributed by atoms with Crippen molar-refractivity contribution >= 4 is 5.97 Å². The molecule has 1 aromatic carbocycles. The molecule has 0 spiro atoms. The van der Waals surface area contributed by atoms with Gasteiger partial charge in [0, 0.05) is 6.42 Å². The van der Waals surface area contributed by atoms with Crippen LogP contribution in [0.4, 0.5) is 4.39 Å². The Morgan fingerprint density at radius 1 is 1.37 bits per heavy atom. The Balaban J connectivity index is 2.21. The van der Waals surface area contributed by atoms with Crippen LogP contribution in [0.5, 0.6) is 0 Å². The lowest BCUT2D eigenvalue weighted by molar-refractivity contribution is -0.139. The Labute approximate surface area is 109 Å². The molecule has 0 aliphatic carbocycles.